The van der Waals surface area contributed by atoms with Gasteiger partial charge in [-0.2, -0.15) is 0 Å². The van der Waals surface area contributed by atoms with Crippen molar-refractivity contribution < 1.29 is 14.3 Å². The van der Waals surface area contributed by atoms with Crippen LogP contribution in [0.5, 0.6) is 0 Å². The quantitative estimate of drug-likeness (QED) is 0.399. The number of carbonyl (C=O) groups excluding carboxylic acids is 2. The van der Waals surface area contributed by atoms with Crippen molar-refractivity contribution in [2.45, 2.75) is 0 Å². The molecule has 0 atom stereocenters. The van der Waals surface area contributed by atoms with Gasteiger partial charge in [-0.25, -0.2) is 9.59 Å². The molecule has 2 heterocycles. The van der Waals surface area contributed by atoms with Gasteiger partial charge in [0.2, 0.25) is 5.43 Å². The van der Waals surface area contributed by atoms with E-state index in [9.17, 15) is 14.4 Å². The summed E-state index contributed by atoms with van der Waals surface area (Å²) in [5.74, 6) is -1.43. The highest BCUT2D eigenvalue weighted by atomic mass is 16.6. The molecular weight excluding hydrogens is 306 g/mol. The van der Waals surface area contributed by atoms with Crippen LogP contribution in [0.4, 0.5) is 0 Å². The van der Waals surface area contributed by atoms with Crippen molar-refractivity contribution in [3.63, 3.8) is 0 Å². The van der Waals surface area contributed by atoms with Crippen LogP contribution in [-0.4, -0.2) is 16.9 Å². The molecule has 1 aliphatic rings. The van der Waals surface area contributed by atoms with Gasteiger partial charge in [-0.1, -0.05) is 42.5 Å². The predicted octanol–water partition coefficient (Wildman–Crippen LogP) is 3.15. The van der Waals surface area contributed by atoms with Crippen LogP contribution < -0.4 is 5.43 Å². The van der Waals surface area contributed by atoms with Crippen molar-refractivity contribution >= 4 is 44.5 Å². The van der Waals surface area contributed by atoms with Gasteiger partial charge in [-0.15, -0.1) is 0 Å². The Balaban J connectivity index is 2.25. The maximum Gasteiger partial charge on any atom is 0.347 e. The van der Waals surface area contributed by atoms with Crippen molar-refractivity contribution in [2.24, 2.45) is 0 Å². The Kier molecular flexibility index (Phi) is 2.33. The van der Waals surface area contributed by atoms with E-state index in [1.165, 1.54) is 0 Å². The number of H-pyrrole nitrogens is 1. The molecule has 0 saturated heterocycles. The molecule has 114 valence electrons. The van der Waals surface area contributed by atoms with Gasteiger partial charge >= 0.3 is 11.9 Å². The Morgan fingerprint density at radius 3 is 2.12 bits per heavy atom. The molecule has 0 saturated carbocycles. The van der Waals surface area contributed by atoms with Crippen LogP contribution in [0.1, 0.15) is 20.7 Å². The molecule has 1 aromatic heterocycles. The average Bonchev–Trinajstić information content (AvgIpc) is 3.07. The number of hydrogen-bond donors (Lipinski definition) is 1. The summed E-state index contributed by atoms with van der Waals surface area (Å²) < 4.78 is 4.85. The second kappa shape index (κ2) is 4.29. The van der Waals surface area contributed by atoms with Gasteiger partial charge in [0.05, 0.1) is 16.6 Å². The maximum atomic E-state index is 13.0. The second-order valence-electron chi connectivity index (χ2n) is 5.72. The Morgan fingerprint density at radius 2 is 1.33 bits per heavy atom. The van der Waals surface area contributed by atoms with Crippen LogP contribution in [0.2, 0.25) is 0 Å². The Bertz CT molecular complexity index is 1280. The molecule has 24 heavy (non-hydrogen) atoms. The highest BCUT2D eigenvalue weighted by molar-refractivity contribution is 6.29. The van der Waals surface area contributed by atoms with Gasteiger partial charge in [0.15, 0.2) is 0 Å². The summed E-state index contributed by atoms with van der Waals surface area (Å²) in [6, 6.07) is 14.1. The molecule has 5 nitrogen and oxygen atoms in total. The van der Waals surface area contributed by atoms with E-state index >= 15 is 0 Å². The minimum absolute atomic E-state index is 0.158. The topological polar surface area (TPSA) is 76.2 Å². The van der Waals surface area contributed by atoms with Gasteiger partial charge in [0.1, 0.15) is 0 Å². The normalized spacial score (nSPS) is 13.7. The fraction of sp³-hybridized carbons (Fsp3) is 0. The Morgan fingerprint density at radius 1 is 0.708 bits per heavy atom. The zero-order valence-electron chi connectivity index (χ0n) is 12.3. The molecular formula is C19H9NO4. The largest absolute Gasteiger partial charge is 0.386 e. The lowest BCUT2D eigenvalue weighted by Gasteiger charge is -1.95. The fourth-order valence-electron chi connectivity index (χ4n) is 3.47. The maximum absolute atomic E-state index is 13.0. The minimum atomic E-state index is -0.717. The van der Waals surface area contributed by atoms with Crippen molar-refractivity contribution in [3.8, 4) is 0 Å². The number of para-hydroxylation sites is 1. The summed E-state index contributed by atoms with van der Waals surface area (Å²) in [4.78, 5) is 40.8. The number of benzene rings is 2. The van der Waals surface area contributed by atoms with E-state index in [0.717, 1.165) is 5.52 Å². The summed E-state index contributed by atoms with van der Waals surface area (Å²) in [6.45, 7) is 0. The van der Waals surface area contributed by atoms with Crippen LogP contribution in [0.25, 0.3) is 32.6 Å². The molecule has 0 bridgehead atoms. The first-order chi connectivity index (χ1) is 11.7. The zero-order valence-corrected chi connectivity index (χ0v) is 12.3. The lowest BCUT2D eigenvalue weighted by Crippen LogP contribution is -2.02. The minimum Gasteiger partial charge on any atom is -0.386 e. The van der Waals surface area contributed by atoms with Gasteiger partial charge in [-0.3, -0.25) is 4.79 Å². The summed E-state index contributed by atoms with van der Waals surface area (Å²) in [5.41, 5.74) is 1.11. The van der Waals surface area contributed by atoms with Crippen LogP contribution in [0.15, 0.2) is 53.3 Å². The molecule has 0 spiro atoms. The van der Waals surface area contributed by atoms with E-state index in [0.29, 0.717) is 27.1 Å². The van der Waals surface area contributed by atoms with E-state index in [-0.39, 0.29) is 16.6 Å². The number of carbonyl (C=O) groups is 2. The molecule has 0 amide bonds. The van der Waals surface area contributed by atoms with Gasteiger partial charge in [0, 0.05) is 27.1 Å². The molecule has 1 aliphatic heterocycles. The molecule has 4 aromatic rings. The Labute approximate surface area is 134 Å². The number of aromatic nitrogens is 1. The fourth-order valence-corrected chi connectivity index (χ4v) is 3.47. The van der Waals surface area contributed by atoms with Crippen molar-refractivity contribution in [1.82, 2.24) is 4.98 Å². The number of cyclic esters (lactones) is 2. The zero-order chi connectivity index (χ0) is 16.4. The van der Waals surface area contributed by atoms with Crippen molar-refractivity contribution in [3.05, 3.63) is 69.9 Å². The molecule has 0 aliphatic carbocycles. The third kappa shape index (κ3) is 1.46. The number of rotatable bonds is 0. The number of ether oxygens (including phenoxy) is 1. The summed E-state index contributed by atoms with van der Waals surface area (Å²) >= 11 is 0. The van der Waals surface area contributed by atoms with Gasteiger partial charge in [0.25, 0.3) is 0 Å². The first kappa shape index (κ1) is 13.0. The first-order valence-electron chi connectivity index (χ1n) is 7.43. The molecule has 5 heteroatoms. The van der Waals surface area contributed by atoms with E-state index < -0.39 is 11.9 Å². The second-order valence-corrected chi connectivity index (χ2v) is 5.72. The predicted molar refractivity (Wildman–Crippen MR) is 89.3 cm³/mol. The number of nitrogens with one attached hydrogen (secondary N) is 1. The number of aromatic amines is 1. The van der Waals surface area contributed by atoms with E-state index in [1.807, 2.05) is 24.3 Å². The average molecular weight is 315 g/mol. The van der Waals surface area contributed by atoms with Crippen LogP contribution in [0.3, 0.4) is 0 Å². The van der Waals surface area contributed by atoms with E-state index in [2.05, 4.69) is 4.98 Å². The monoisotopic (exact) mass is 315 g/mol. The molecule has 0 radical (unpaired) electrons. The van der Waals surface area contributed by atoms with E-state index in [1.54, 1.807) is 24.3 Å². The van der Waals surface area contributed by atoms with Crippen LogP contribution in [-0.2, 0) is 4.74 Å². The SMILES string of the molecule is O=C1OC(=O)c2c1c1ccccc1c(=O)c1[nH]c3ccccc3c21. The lowest BCUT2D eigenvalue weighted by atomic mass is 10.0. The number of fused-ring (bicyclic) bond motifs is 7. The van der Waals surface area contributed by atoms with Gasteiger partial charge < -0.3 is 9.72 Å². The molecule has 0 fully saturated rings. The molecule has 5 rings (SSSR count). The highest BCUT2D eigenvalue weighted by Gasteiger charge is 2.35. The number of esters is 2. The molecule has 0 unspecified atom stereocenters. The van der Waals surface area contributed by atoms with Crippen LogP contribution >= 0.6 is 0 Å². The van der Waals surface area contributed by atoms with E-state index in [4.69, 9.17) is 4.74 Å². The lowest BCUT2D eigenvalue weighted by molar-refractivity contribution is 0.0445. The smallest absolute Gasteiger partial charge is 0.347 e. The standard InChI is InChI=1S/C19H9NO4/c21-17-10-6-2-1-5-9(10)14-15(19(23)24-18(14)22)13-11-7-3-4-8-12(11)20-16(13)17/h1-8,20H. The molecule has 1 N–H and O–H groups in total. The number of hydrogen-bond acceptors (Lipinski definition) is 4. The third-order valence-corrected chi connectivity index (χ3v) is 4.47. The first-order valence-corrected chi connectivity index (χ1v) is 7.43. The van der Waals surface area contributed by atoms with Crippen molar-refractivity contribution in [2.75, 3.05) is 0 Å². The van der Waals surface area contributed by atoms with Crippen LogP contribution in [0, 0.1) is 0 Å². The van der Waals surface area contributed by atoms with Gasteiger partial charge in [-0.05, 0) is 6.07 Å². The third-order valence-electron chi connectivity index (χ3n) is 4.47. The highest BCUT2D eigenvalue weighted by Crippen LogP contribution is 2.35. The summed E-state index contributed by atoms with van der Waals surface area (Å²) in [6.07, 6.45) is 0. The summed E-state index contributed by atoms with van der Waals surface area (Å²) in [5, 5.41) is 1.97. The Hall–Kier alpha value is -3.47. The van der Waals surface area contributed by atoms with Crippen molar-refractivity contribution in [1.29, 1.82) is 0 Å². The molecule has 3 aromatic carbocycles. The summed E-state index contributed by atoms with van der Waals surface area (Å²) in [7, 11) is 0.